The van der Waals surface area contributed by atoms with E-state index in [0.717, 1.165) is 10.2 Å². The second kappa shape index (κ2) is 10.3. The van der Waals surface area contributed by atoms with Crippen LogP contribution in [0.3, 0.4) is 0 Å². The molecule has 0 saturated carbocycles. The molecule has 7 heteroatoms. The minimum atomic E-state index is -0.502. The van der Waals surface area contributed by atoms with Crippen LogP contribution in [-0.4, -0.2) is 32.3 Å². The van der Waals surface area contributed by atoms with Gasteiger partial charge in [0.15, 0.2) is 0 Å². The maximum absolute atomic E-state index is 12.1. The van der Waals surface area contributed by atoms with Crippen LogP contribution in [0.1, 0.15) is 43.1 Å². The first-order chi connectivity index (χ1) is 13.7. The van der Waals surface area contributed by atoms with Crippen molar-refractivity contribution in [3.63, 3.8) is 0 Å². The van der Waals surface area contributed by atoms with Gasteiger partial charge in [0.2, 0.25) is 0 Å². The van der Waals surface area contributed by atoms with Gasteiger partial charge in [0, 0.05) is 6.54 Å². The number of carbonyl (C=O) groups excluding carboxylic acids is 2. The summed E-state index contributed by atoms with van der Waals surface area (Å²) in [7, 11) is 1.30. The van der Waals surface area contributed by atoms with Gasteiger partial charge in [-0.15, -0.1) is 0 Å². The first kappa shape index (κ1) is 22.7. The number of para-hydroxylation sites is 1. The van der Waals surface area contributed by atoms with Crippen LogP contribution >= 0.6 is 15.9 Å². The SMILES string of the molecule is COC(=O)c1ccccc1NC(=O)NCCCOc1ccc(C(C)(C)C)cc1Br. The van der Waals surface area contributed by atoms with Crippen LogP contribution < -0.4 is 15.4 Å². The van der Waals surface area contributed by atoms with Gasteiger partial charge in [-0.05, 0) is 57.6 Å². The molecule has 2 aromatic rings. The number of esters is 1. The van der Waals surface area contributed by atoms with Crippen LogP contribution in [0.25, 0.3) is 0 Å². The Hall–Kier alpha value is -2.54. The van der Waals surface area contributed by atoms with E-state index in [1.165, 1.54) is 12.7 Å². The molecule has 156 valence electrons. The number of hydrogen-bond acceptors (Lipinski definition) is 4. The Morgan fingerprint density at radius 3 is 2.48 bits per heavy atom. The van der Waals surface area contributed by atoms with Crippen molar-refractivity contribution in [3.05, 3.63) is 58.1 Å². The Balaban J connectivity index is 1.77. The van der Waals surface area contributed by atoms with E-state index in [1.807, 2.05) is 6.07 Å². The molecule has 2 amide bonds. The fourth-order valence-corrected chi connectivity index (χ4v) is 3.08. The van der Waals surface area contributed by atoms with Crippen molar-refractivity contribution in [2.45, 2.75) is 32.6 Å². The van der Waals surface area contributed by atoms with Crippen molar-refractivity contribution in [2.75, 3.05) is 25.6 Å². The quantitative estimate of drug-likeness (QED) is 0.441. The van der Waals surface area contributed by atoms with E-state index in [2.05, 4.69) is 59.5 Å². The Morgan fingerprint density at radius 1 is 1.10 bits per heavy atom. The van der Waals surface area contributed by atoms with Crippen molar-refractivity contribution in [1.29, 1.82) is 0 Å². The average Bonchev–Trinajstić information content (AvgIpc) is 2.67. The van der Waals surface area contributed by atoms with E-state index in [4.69, 9.17) is 9.47 Å². The Kier molecular flexibility index (Phi) is 8.08. The normalized spacial score (nSPS) is 10.9. The van der Waals surface area contributed by atoms with Crippen molar-refractivity contribution < 1.29 is 19.1 Å². The zero-order chi connectivity index (χ0) is 21.4. The van der Waals surface area contributed by atoms with Crippen molar-refractivity contribution in [3.8, 4) is 5.75 Å². The van der Waals surface area contributed by atoms with Gasteiger partial charge in [0.1, 0.15) is 5.75 Å². The average molecular weight is 463 g/mol. The van der Waals surface area contributed by atoms with E-state index in [0.29, 0.717) is 30.8 Å². The minimum absolute atomic E-state index is 0.0742. The third kappa shape index (κ3) is 6.78. The summed E-state index contributed by atoms with van der Waals surface area (Å²) in [6.45, 7) is 7.39. The van der Waals surface area contributed by atoms with Crippen molar-refractivity contribution >= 4 is 33.6 Å². The number of halogens is 1. The summed E-state index contributed by atoms with van der Waals surface area (Å²) < 4.78 is 11.4. The fourth-order valence-electron chi connectivity index (χ4n) is 2.59. The smallest absolute Gasteiger partial charge is 0.339 e. The minimum Gasteiger partial charge on any atom is -0.492 e. The van der Waals surface area contributed by atoms with E-state index < -0.39 is 12.0 Å². The molecule has 29 heavy (non-hydrogen) atoms. The van der Waals surface area contributed by atoms with Gasteiger partial charge < -0.3 is 20.1 Å². The predicted molar refractivity (Wildman–Crippen MR) is 118 cm³/mol. The molecular formula is C22H27BrN2O4. The number of ether oxygens (including phenoxy) is 2. The zero-order valence-electron chi connectivity index (χ0n) is 17.2. The summed E-state index contributed by atoms with van der Waals surface area (Å²) in [4.78, 5) is 23.8. The van der Waals surface area contributed by atoms with E-state index >= 15 is 0 Å². The largest absolute Gasteiger partial charge is 0.492 e. The maximum Gasteiger partial charge on any atom is 0.339 e. The van der Waals surface area contributed by atoms with Gasteiger partial charge in [-0.3, -0.25) is 0 Å². The standard InChI is InChI=1S/C22H27BrN2O4/c1-22(2,3)15-10-11-19(17(23)14-15)29-13-7-12-24-21(27)25-18-9-6-5-8-16(18)20(26)28-4/h5-6,8-11,14H,7,12-13H2,1-4H3,(H2,24,25,27). The Bertz CT molecular complexity index is 862. The molecule has 2 N–H and O–H groups in total. The predicted octanol–water partition coefficient (Wildman–Crippen LogP) is 5.12. The van der Waals surface area contributed by atoms with Crippen LogP contribution in [0.4, 0.5) is 10.5 Å². The summed E-state index contributed by atoms with van der Waals surface area (Å²) in [5.74, 6) is 0.270. The molecule has 0 unspecified atom stereocenters. The molecule has 0 aliphatic rings. The maximum atomic E-state index is 12.1. The molecule has 6 nitrogen and oxygen atoms in total. The third-order valence-electron chi connectivity index (χ3n) is 4.24. The van der Waals surface area contributed by atoms with Gasteiger partial charge in [-0.25, -0.2) is 9.59 Å². The third-order valence-corrected chi connectivity index (χ3v) is 4.86. The molecule has 0 radical (unpaired) electrons. The highest BCUT2D eigenvalue weighted by molar-refractivity contribution is 9.10. The number of benzene rings is 2. The lowest BCUT2D eigenvalue weighted by Crippen LogP contribution is -2.30. The van der Waals surface area contributed by atoms with Crippen molar-refractivity contribution in [2.24, 2.45) is 0 Å². The molecule has 2 rings (SSSR count). The van der Waals surface area contributed by atoms with Gasteiger partial charge in [-0.2, -0.15) is 0 Å². The fraction of sp³-hybridized carbons (Fsp3) is 0.364. The lowest BCUT2D eigenvalue weighted by Gasteiger charge is -2.20. The topological polar surface area (TPSA) is 76.7 Å². The number of rotatable bonds is 7. The molecule has 0 aliphatic heterocycles. The summed E-state index contributed by atoms with van der Waals surface area (Å²) in [5, 5.41) is 5.42. The molecule has 0 aromatic heterocycles. The van der Waals surface area contributed by atoms with Gasteiger partial charge in [0.05, 0.1) is 29.4 Å². The van der Waals surface area contributed by atoms with Crippen LogP contribution in [-0.2, 0) is 10.2 Å². The molecular weight excluding hydrogens is 436 g/mol. The second-order valence-electron chi connectivity index (χ2n) is 7.52. The molecule has 0 fully saturated rings. The summed E-state index contributed by atoms with van der Waals surface area (Å²) >= 11 is 3.55. The number of hydrogen-bond donors (Lipinski definition) is 2. The van der Waals surface area contributed by atoms with E-state index in [1.54, 1.807) is 24.3 Å². The van der Waals surface area contributed by atoms with Crippen molar-refractivity contribution in [1.82, 2.24) is 5.32 Å². The number of amides is 2. The summed E-state index contributed by atoms with van der Waals surface area (Å²) in [6, 6.07) is 12.4. The molecule has 0 bridgehead atoms. The molecule has 0 heterocycles. The van der Waals surface area contributed by atoms with Gasteiger partial charge >= 0.3 is 12.0 Å². The monoisotopic (exact) mass is 462 g/mol. The number of urea groups is 1. The molecule has 2 aromatic carbocycles. The van der Waals surface area contributed by atoms with Crippen LogP contribution in [0.5, 0.6) is 5.75 Å². The van der Waals surface area contributed by atoms with Crippen LogP contribution in [0, 0.1) is 0 Å². The Labute approximate surface area is 180 Å². The summed E-state index contributed by atoms with van der Waals surface area (Å²) in [6.07, 6.45) is 0.638. The number of carbonyl (C=O) groups is 2. The highest BCUT2D eigenvalue weighted by Gasteiger charge is 2.15. The van der Waals surface area contributed by atoms with Gasteiger partial charge in [0.25, 0.3) is 0 Å². The van der Waals surface area contributed by atoms with E-state index in [9.17, 15) is 9.59 Å². The highest BCUT2D eigenvalue weighted by atomic mass is 79.9. The lowest BCUT2D eigenvalue weighted by molar-refractivity contribution is 0.0602. The molecule has 0 aliphatic carbocycles. The van der Waals surface area contributed by atoms with Crippen LogP contribution in [0.15, 0.2) is 46.9 Å². The van der Waals surface area contributed by atoms with Gasteiger partial charge in [-0.1, -0.05) is 39.0 Å². The first-order valence-corrected chi connectivity index (χ1v) is 10.2. The molecule has 0 saturated heterocycles. The van der Waals surface area contributed by atoms with E-state index in [-0.39, 0.29) is 5.41 Å². The Morgan fingerprint density at radius 2 is 1.83 bits per heavy atom. The number of nitrogens with one attached hydrogen (secondary N) is 2. The second-order valence-corrected chi connectivity index (χ2v) is 8.37. The highest BCUT2D eigenvalue weighted by Crippen LogP contribution is 2.31. The summed E-state index contributed by atoms with van der Waals surface area (Å²) in [5.41, 5.74) is 2.00. The number of methoxy groups -OCH3 is 1. The first-order valence-electron chi connectivity index (χ1n) is 9.37. The lowest BCUT2D eigenvalue weighted by atomic mass is 9.87. The molecule has 0 spiro atoms. The zero-order valence-corrected chi connectivity index (χ0v) is 18.8. The molecule has 0 atom stereocenters. The number of anilines is 1. The van der Waals surface area contributed by atoms with Crippen LogP contribution in [0.2, 0.25) is 0 Å².